The number of rotatable bonds is 8. The number of piperidine rings is 2. The Labute approximate surface area is 247 Å². The lowest BCUT2D eigenvalue weighted by molar-refractivity contribution is -0.132. The first-order valence-electron chi connectivity index (χ1n) is 15.1. The van der Waals surface area contributed by atoms with E-state index in [0.717, 1.165) is 79.0 Å². The lowest BCUT2D eigenvalue weighted by Gasteiger charge is -2.33. The fourth-order valence-corrected chi connectivity index (χ4v) is 6.32. The lowest BCUT2D eigenvalue weighted by atomic mass is 9.92. The summed E-state index contributed by atoms with van der Waals surface area (Å²) < 4.78 is 1.93. The van der Waals surface area contributed by atoms with Crippen LogP contribution in [0.3, 0.4) is 0 Å². The SMILES string of the molecule is Nc1cc(-c2cc(C3CCN(C(=O)CCN4CCCCC4)CC3)n3ncnc(N)c23)ccc1C=NCc1ccccc1. The second kappa shape index (κ2) is 12.7. The molecule has 4 N–H and O–H groups in total. The molecule has 4 aromatic rings. The molecule has 0 aliphatic carbocycles. The van der Waals surface area contributed by atoms with Crippen molar-refractivity contribution in [3.8, 4) is 11.1 Å². The van der Waals surface area contributed by atoms with Crippen LogP contribution in [0.2, 0.25) is 0 Å². The molecule has 4 heterocycles. The maximum atomic E-state index is 13.0. The van der Waals surface area contributed by atoms with Gasteiger partial charge in [-0.3, -0.25) is 9.79 Å². The summed E-state index contributed by atoms with van der Waals surface area (Å²) in [4.78, 5) is 26.3. The predicted molar refractivity (Wildman–Crippen MR) is 168 cm³/mol. The summed E-state index contributed by atoms with van der Waals surface area (Å²) >= 11 is 0. The quantitative estimate of drug-likeness (QED) is 0.235. The number of fused-ring (bicyclic) bond motifs is 1. The topological polar surface area (TPSA) is 118 Å². The number of benzene rings is 2. The Morgan fingerprint density at radius 3 is 2.52 bits per heavy atom. The van der Waals surface area contributed by atoms with E-state index >= 15 is 0 Å². The Hall–Kier alpha value is -4.24. The van der Waals surface area contributed by atoms with Crippen molar-refractivity contribution in [1.29, 1.82) is 0 Å². The fraction of sp³-hybridized carbons (Fsp3) is 0.394. The van der Waals surface area contributed by atoms with Crippen LogP contribution in [0, 0.1) is 0 Å². The van der Waals surface area contributed by atoms with E-state index in [9.17, 15) is 4.79 Å². The van der Waals surface area contributed by atoms with Gasteiger partial charge >= 0.3 is 0 Å². The number of aliphatic imine (C=N–C) groups is 1. The van der Waals surface area contributed by atoms with Gasteiger partial charge in [-0.25, -0.2) is 9.50 Å². The molecule has 0 radical (unpaired) electrons. The van der Waals surface area contributed by atoms with Gasteiger partial charge in [0, 0.05) is 60.7 Å². The highest BCUT2D eigenvalue weighted by Gasteiger charge is 2.28. The Balaban J connectivity index is 1.16. The molecule has 2 saturated heterocycles. The standard InChI is InChI=1S/C33H40N8O/c34-29-19-26(9-10-27(29)22-36-21-24-7-3-1-4-8-24)28-20-30(41-32(28)33(35)37-23-38-41)25-11-17-40(18-12-25)31(42)13-16-39-14-5-2-6-15-39/h1,3-4,7-10,19-20,22-23,25H,2,5-6,11-18,21,34H2,(H2,35,37,38). The predicted octanol–water partition coefficient (Wildman–Crippen LogP) is 4.76. The van der Waals surface area contributed by atoms with Gasteiger partial charge in [0.15, 0.2) is 5.82 Å². The van der Waals surface area contributed by atoms with E-state index in [4.69, 9.17) is 11.5 Å². The molecule has 218 valence electrons. The fourth-order valence-electron chi connectivity index (χ4n) is 6.32. The normalized spacial score (nSPS) is 16.9. The molecular weight excluding hydrogens is 524 g/mol. The first-order chi connectivity index (χ1) is 20.6. The van der Waals surface area contributed by atoms with Crippen LogP contribution in [0.15, 0.2) is 65.9 Å². The van der Waals surface area contributed by atoms with Crippen LogP contribution in [-0.4, -0.2) is 69.2 Å². The molecule has 1 amide bonds. The number of nitrogen functional groups attached to an aromatic ring is 2. The van der Waals surface area contributed by atoms with E-state index in [1.165, 1.54) is 25.6 Å². The number of hydrogen-bond donors (Lipinski definition) is 2. The second-order valence-electron chi connectivity index (χ2n) is 11.5. The van der Waals surface area contributed by atoms with Crippen LogP contribution < -0.4 is 11.5 Å². The van der Waals surface area contributed by atoms with Gasteiger partial charge in [-0.15, -0.1) is 0 Å². The van der Waals surface area contributed by atoms with Crippen molar-refractivity contribution in [3.63, 3.8) is 0 Å². The molecule has 9 nitrogen and oxygen atoms in total. The summed E-state index contributed by atoms with van der Waals surface area (Å²) in [6, 6.07) is 18.3. The number of carbonyl (C=O) groups excluding carboxylic acids is 1. The number of amides is 1. The van der Waals surface area contributed by atoms with Gasteiger partial charge < -0.3 is 21.3 Å². The molecule has 9 heteroatoms. The largest absolute Gasteiger partial charge is 0.398 e. The van der Waals surface area contributed by atoms with Gasteiger partial charge in [0.05, 0.1) is 6.54 Å². The third kappa shape index (κ3) is 6.16. The van der Waals surface area contributed by atoms with Crippen molar-refractivity contribution in [2.75, 3.05) is 44.2 Å². The van der Waals surface area contributed by atoms with Crippen molar-refractivity contribution >= 4 is 29.1 Å². The second-order valence-corrected chi connectivity index (χ2v) is 11.5. The summed E-state index contributed by atoms with van der Waals surface area (Å²) in [7, 11) is 0. The summed E-state index contributed by atoms with van der Waals surface area (Å²) in [6.07, 6.45) is 9.55. The Bertz CT molecular complexity index is 1550. The third-order valence-electron chi connectivity index (χ3n) is 8.71. The first kappa shape index (κ1) is 27.9. The number of anilines is 2. The number of hydrogen-bond acceptors (Lipinski definition) is 7. The Kier molecular flexibility index (Phi) is 8.46. The minimum absolute atomic E-state index is 0.272. The summed E-state index contributed by atoms with van der Waals surface area (Å²) in [5.74, 6) is 0.978. The van der Waals surface area contributed by atoms with Crippen LogP contribution in [0.4, 0.5) is 11.5 Å². The van der Waals surface area contributed by atoms with E-state index in [1.54, 1.807) is 0 Å². The number of aromatic nitrogens is 3. The van der Waals surface area contributed by atoms with Crippen molar-refractivity contribution in [3.05, 3.63) is 77.7 Å². The van der Waals surface area contributed by atoms with Crippen molar-refractivity contribution in [2.45, 2.75) is 51.0 Å². The van der Waals surface area contributed by atoms with E-state index in [1.807, 2.05) is 46.0 Å². The molecule has 2 aliphatic heterocycles. The highest BCUT2D eigenvalue weighted by atomic mass is 16.2. The number of nitrogens with two attached hydrogens (primary N) is 2. The molecular formula is C33H40N8O. The zero-order chi connectivity index (χ0) is 28.9. The molecule has 0 bridgehead atoms. The lowest BCUT2D eigenvalue weighted by Crippen LogP contribution is -2.40. The van der Waals surface area contributed by atoms with Crippen molar-refractivity contribution in [2.24, 2.45) is 4.99 Å². The molecule has 0 unspecified atom stereocenters. The van der Waals surface area contributed by atoms with Crippen LogP contribution >= 0.6 is 0 Å². The molecule has 2 aromatic heterocycles. The van der Waals surface area contributed by atoms with Gasteiger partial charge in [-0.05, 0) is 62.0 Å². The van der Waals surface area contributed by atoms with E-state index < -0.39 is 0 Å². The molecule has 0 atom stereocenters. The number of nitrogens with zero attached hydrogens (tertiary/aromatic N) is 6. The van der Waals surface area contributed by atoms with E-state index in [-0.39, 0.29) is 11.8 Å². The Morgan fingerprint density at radius 1 is 0.976 bits per heavy atom. The highest BCUT2D eigenvalue weighted by molar-refractivity contribution is 5.93. The average Bonchev–Trinajstić information content (AvgIpc) is 3.43. The first-order valence-corrected chi connectivity index (χ1v) is 15.1. The minimum Gasteiger partial charge on any atom is -0.398 e. The summed E-state index contributed by atoms with van der Waals surface area (Å²) in [5.41, 5.74) is 19.4. The molecule has 0 saturated carbocycles. The molecule has 2 fully saturated rings. The van der Waals surface area contributed by atoms with Crippen LogP contribution in [0.25, 0.3) is 16.6 Å². The maximum absolute atomic E-state index is 13.0. The summed E-state index contributed by atoms with van der Waals surface area (Å²) in [6.45, 7) is 5.25. The van der Waals surface area contributed by atoms with Gasteiger partial charge in [0.1, 0.15) is 11.8 Å². The van der Waals surface area contributed by atoms with E-state index in [0.29, 0.717) is 24.5 Å². The molecule has 0 spiro atoms. The average molecular weight is 565 g/mol. The zero-order valence-corrected chi connectivity index (χ0v) is 24.2. The zero-order valence-electron chi connectivity index (χ0n) is 24.2. The van der Waals surface area contributed by atoms with Crippen LogP contribution in [0.1, 0.15) is 61.3 Å². The minimum atomic E-state index is 0.272. The smallest absolute Gasteiger partial charge is 0.223 e. The number of carbonyl (C=O) groups is 1. The van der Waals surface area contributed by atoms with Crippen molar-refractivity contribution in [1.82, 2.24) is 24.4 Å². The monoisotopic (exact) mass is 564 g/mol. The van der Waals surface area contributed by atoms with Crippen molar-refractivity contribution < 1.29 is 4.79 Å². The van der Waals surface area contributed by atoms with Crippen LogP contribution in [-0.2, 0) is 11.3 Å². The number of likely N-dealkylation sites (tertiary alicyclic amines) is 2. The maximum Gasteiger partial charge on any atom is 0.223 e. The molecule has 2 aliphatic rings. The van der Waals surface area contributed by atoms with Crippen LogP contribution in [0.5, 0.6) is 0 Å². The van der Waals surface area contributed by atoms with Gasteiger partial charge in [0.2, 0.25) is 5.91 Å². The van der Waals surface area contributed by atoms with E-state index in [2.05, 4.69) is 44.2 Å². The van der Waals surface area contributed by atoms with Gasteiger partial charge in [-0.1, -0.05) is 48.9 Å². The summed E-state index contributed by atoms with van der Waals surface area (Å²) in [5, 5.41) is 4.60. The molecule has 6 rings (SSSR count). The Morgan fingerprint density at radius 2 is 1.76 bits per heavy atom. The highest BCUT2D eigenvalue weighted by Crippen LogP contribution is 2.37. The van der Waals surface area contributed by atoms with Gasteiger partial charge in [0.25, 0.3) is 0 Å². The molecule has 2 aromatic carbocycles. The third-order valence-corrected chi connectivity index (χ3v) is 8.71. The molecule has 42 heavy (non-hydrogen) atoms. The van der Waals surface area contributed by atoms with Gasteiger partial charge in [-0.2, -0.15) is 5.10 Å².